The Labute approximate surface area is 119 Å². The molecule has 0 radical (unpaired) electrons. The van der Waals surface area contributed by atoms with Crippen molar-refractivity contribution in [1.82, 2.24) is 0 Å². The van der Waals surface area contributed by atoms with E-state index in [1.165, 1.54) is 24.3 Å². The molecule has 2 rings (SSSR count). The number of benzene rings is 2. The molecule has 0 aliphatic rings. The minimum atomic E-state index is -4.40. The number of rotatable bonds is 3. The van der Waals surface area contributed by atoms with Crippen LogP contribution >= 0.6 is 11.6 Å². The summed E-state index contributed by atoms with van der Waals surface area (Å²) in [7, 11) is 0. The number of hydrogen-bond donors (Lipinski definition) is 0. The molecule has 0 heterocycles. The van der Waals surface area contributed by atoms with Crippen LogP contribution in [0.2, 0.25) is 0 Å². The number of halogens is 5. The molecular weight excluding hydrogens is 292 g/mol. The van der Waals surface area contributed by atoms with Gasteiger partial charge in [-0.1, -0.05) is 30.3 Å². The number of alkyl halides is 4. The molecule has 0 nitrogen and oxygen atoms in total. The lowest BCUT2D eigenvalue weighted by atomic mass is 10.0. The lowest BCUT2D eigenvalue weighted by Crippen LogP contribution is -2.06. The van der Waals surface area contributed by atoms with Crippen LogP contribution in [0, 0.1) is 5.82 Å². The van der Waals surface area contributed by atoms with Crippen LogP contribution in [-0.2, 0) is 12.6 Å². The van der Waals surface area contributed by atoms with E-state index >= 15 is 0 Å². The highest BCUT2D eigenvalue weighted by atomic mass is 35.5. The van der Waals surface area contributed by atoms with Gasteiger partial charge in [-0.3, -0.25) is 0 Å². The molecule has 0 saturated heterocycles. The fourth-order valence-electron chi connectivity index (χ4n) is 1.90. The zero-order valence-electron chi connectivity index (χ0n) is 10.3. The van der Waals surface area contributed by atoms with Crippen LogP contribution in [0.15, 0.2) is 48.5 Å². The highest BCUT2D eigenvalue weighted by Crippen LogP contribution is 2.33. The van der Waals surface area contributed by atoms with Crippen LogP contribution in [0.4, 0.5) is 17.6 Å². The molecule has 5 heteroatoms. The van der Waals surface area contributed by atoms with Crippen LogP contribution in [-0.4, -0.2) is 0 Å². The van der Waals surface area contributed by atoms with Crippen LogP contribution in [0.5, 0.6) is 0 Å². The van der Waals surface area contributed by atoms with Crippen molar-refractivity contribution >= 4 is 11.6 Å². The highest BCUT2D eigenvalue weighted by molar-refractivity contribution is 6.20. The quantitative estimate of drug-likeness (QED) is 0.528. The van der Waals surface area contributed by atoms with Gasteiger partial charge < -0.3 is 0 Å². The fraction of sp³-hybridized carbons (Fsp3) is 0.200. The zero-order chi connectivity index (χ0) is 14.8. The first kappa shape index (κ1) is 14.9. The molecule has 1 atom stereocenters. The predicted molar refractivity (Wildman–Crippen MR) is 70.1 cm³/mol. The van der Waals surface area contributed by atoms with Gasteiger partial charge in [-0.05, 0) is 35.7 Å². The minimum absolute atomic E-state index is 0.265. The molecule has 0 N–H and O–H groups in total. The Morgan fingerprint density at radius 1 is 1.00 bits per heavy atom. The summed E-state index contributed by atoms with van der Waals surface area (Å²) in [4.78, 5) is 0. The Balaban J connectivity index is 2.19. The normalized spacial score (nSPS) is 13.2. The first-order valence-electron chi connectivity index (χ1n) is 5.92. The lowest BCUT2D eigenvalue weighted by Gasteiger charge is -2.13. The largest absolute Gasteiger partial charge is 0.416 e. The van der Waals surface area contributed by atoms with Gasteiger partial charge in [-0.2, -0.15) is 13.2 Å². The summed E-state index contributed by atoms with van der Waals surface area (Å²) in [5.41, 5.74) is 0.271. The maximum atomic E-state index is 13.0. The fourth-order valence-corrected chi connectivity index (χ4v) is 2.21. The van der Waals surface area contributed by atoms with E-state index in [1.807, 2.05) is 0 Å². The van der Waals surface area contributed by atoms with Crippen LogP contribution < -0.4 is 0 Å². The van der Waals surface area contributed by atoms with Crippen molar-refractivity contribution in [2.24, 2.45) is 0 Å². The lowest BCUT2D eigenvalue weighted by molar-refractivity contribution is -0.137. The molecule has 106 valence electrons. The molecule has 0 spiro atoms. The van der Waals surface area contributed by atoms with Crippen LogP contribution in [0.25, 0.3) is 0 Å². The zero-order valence-corrected chi connectivity index (χ0v) is 11.0. The van der Waals surface area contributed by atoms with E-state index in [-0.39, 0.29) is 6.42 Å². The molecule has 1 unspecified atom stereocenters. The van der Waals surface area contributed by atoms with Crippen LogP contribution in [0.3, 0.4) is 0 Å². The second-order valence-electron chi connectivity index (χ2n) is 4.42. The van der Waals surface area contributed by atoms with Gasteiger partial charge in [0.25, 0.3) is 0 Å². The summed E-state index contributed by atoms with van der Waals surface area (Å²) in [6.45, 7) is 0. The van der Waals surface area contributed by atoms with Crippen molar-refractivity contribution in [2.45, 2.75) is 18.0 Å². The van der Waals surface area contributed by atoms with Gasteiger partial charge in [0, 0.05) is 0 Å². The maximum Gasteiger partial charge on any atom is 0.416 e. The smallest absolute Gasteiger partial charge is 0.207 e. The third-order valence-corrected chi connectivity index (χ3v) is 3.29. The summed E-state index contributed by atoms with van der Waals surface area (Å²) < 4.78 is 50.9. The highest BCUT2D eigenvalue weighted by Gasteiger charge is 2.30. The van der Waals surface area contributed by atoms with Crippen molar-refractivity contribution < 1.29 is 17.6 Å². The Bertz CT molecular complexity index is 592. The average Bonchev–Trinajstić information content (AvgIpc) is 2.38. The van der Waals surface area contributed by atoms with E-state index in [0.717, 1.165) is 12.1 Å². The van der Waals surface area contributed by atoms with E-state index in [4.69, 9.17) is 11.6 Å². The Hall–Kier alpha value is -1.55. The predicted octanol–water partition coefficient (Wildman–Crippen LogP) is 5.37. The molecule has 0 aliphatic heterocycles. The first-order chi connectivity index (χ1) is 9.36. The maximum absolute atomic E-state index is 13.0. The van der Waals surface area contributed by atoms with Gasteiger partial charge in [0.05, 0.1) is 10.9 Å². The van der Waals surface area contributed by atoms with Gasteiger partial charge in [-0.15, -0.1) is 11.6 Å². The molecule has 2 aromatic rings. The Morgan fingerprint density at radius 2 is 1.70 bits per heavy atom. The summed E-state index contributed by atoms with van der Waals surface area (Å²) >= 11 is 6.13. The third kappa shape index (κ3) is 3.73. The molecule has 0 aliphatic carbocycles. The standard InChI is InChI=1S/C15H11ClF4/c16-14(8-10-3-1-6-13(17)7-10)11-4-2-5-12(9-11)15(18,19)20/h1-7,9,14H,8H2. The first-order valence-corrected chi connectivity index (χ1v) is 6.35. The van der Waals surface area contributed by atoms with Gasteiger partial charge >= 0.3 is 6.18 Å². The third-order valence-electron chi connectivity index (χ3n) is 2.88. The molecule has 20 heavy (non-hydrogen) atoms. The summed E-state index contributed by atoms with van der Waals surface area (Å²) in [5.74, 6) is -0.393. The molecule has 0 fully saturated rings. The summed E-state index contributed by atoms with van der Waals surface area (Å²) in [6, 6.07) is 10.7. The van der Waals surface area contributed by atoms with Crippen molar-refractivity contribution in [1.29, 1.82) is 0 Å². The average molecular weight is 303 g/mol. The second kappa shape index (κ2) is 5.83. The Kier molecular flexibility index (Phi) is 4.33. The van der Waals surface area contributed by atoms with Gasteiger partial charge in [0.2, 0.25) is 0 Å². The van der Waals surface area contributed by atoms with E-state index in [9.17, 15) is 17.6 Å². The van der Waals surface area contributed by atoms with E-state index < -0.39 is 22.9 Å². The van der Waals surface area contributed by atoms with Crippen LogP contribution in [0.1, 0.15) is 22.1 Å². The molecular formula is C15H11ClF4. The molecule has 0 aromatic heterocycles. The SMILES string of the molecule is Fc1cccc(CC(Cl)c2cccc(C(F)(F)F)c2)c1. The van der Waals surface area contributed by atoms with Gasteiger partial charge in [-0.25, -0.2) is 4.39 Å². The summed E-state index contributed by atoms with van der Waals surface area (Å²) in [6.07, 6.45) is -4.13. The van der Waals surface area contributed by atoms with Crippen molar-refractivity contribution in [3.05, 3.63) is 71.0 Å². The van der Waals surface area contributed by atoms with E-state index in [0.29, 0.717) is 11.1 Å². The van der Waals surface area contributed by atoms with E-state index in [2.05, 4.69) is 0 Å². The topological polar surface area (TPSA) is 0 Å². The van der Waals surface area contributed by atoms with E-state index in [1.54, 1.807) is 12.1 Å². The molecule has 0 amide bonds. The molecule has 2 aromatic carbocycles. The summed E-state index contributed by atoms with van der Waals surface area (Å²) in [5, 5.41) is -0.640. The minimum Gasteiger partial charge on any atom is -0.207 e. The van der Waals surface area contributed by atoms with Crippen molar-refractivity contribution in [3.8, 4) is 0 Å². The second-order valence-corrected chi connectivity index (χ2v) is 4.95. The van der Waals surface area contributed by atoms with Crippen molar-refractivity contribution in [3.63, 3.8) is 0 Å². The Morgan fingerprint density at radius 3 is 2.35 bits per heavy atom. The monoisotopic (exact) mass is 302 g/mol. The van der Waals surface area contributed by atoms with Crippen molar-refractivity contribution in [2.75, 3.05) is 0 Å². The molecule has 0 saturated carbocycles. The molecule has 0 bridgehead atoms. The van der Waals surface area contributed by atoms with Gasteiger partial charge in [0.1, 0.15) is 5.82 Å². The number of hydrogen-bond acceptors (Lipinski definition) is 0. The van der Waals surface area contributed by atoms with Gasteiger partial charge in [0.15, 0.2) is 0 Å².